The summed E-state index contributed by atoms with van der Waals surface area (Å²) in [6, 6.07) is 19.9. The zero-order valence-corrected chi connectivity index (χ0v) is 15.8. The Kier molecular flexibility index (Phi) is 5.07. The second-order valence-corrected chi connectivity index (χ2v) is 7.27. The number of hydrogen-bond acceptors (Lipinski definition) is 5. The highest BCUT2D eigenvalue weighted by Crippen LogP contribution is 2.29. The van der Waals surface area contributed by atoms with E-state index in [1.54, 1.807) is 18.1 Å². The minimum absolute atomic E-state index is 0.0324. The molecule has 2 heterocycles. The molecule has 1 aliphatic heterocycles. The van der Waals surface area contributed by atoms with Crippen LogP contribution in [0.5, 0.6) is 0 Å². The van der Waals surface area contributed by atoms with Crippen molar-refractivity contribution in [3.63, 3.8) is 0 Å². The van der Waals surface area contributed by atoms with Gasteiger partial charge in [0.2, 0.25) is 5.91 Å². The van der Waals surface area contributed by atoms with E-state index in [9.17, 15) is 4.79 Å². The van der Waals surface area contributed by atoms with Crippen molar-refractivity contribution in [3.8, 4) is 11.3 Å². The van der Waals surface area contributed by atoms with Crippen molar-refractivity contribution >= 4 is 29.2 Å². The van der Waals surface area contributed by atoms with Gasteiger partial charge in [-0.1, -0.05) is 42.5 Å². The predicted octanol–water partition coefficient (Wildman–Crippen LogP) is 3.94. The molecule has 0 aliphatic carbocycles. The van der Waals surface area contributed by atoms with Gasteiger partial charge >= 0.3 is 0 Å². The third kappa shape index (κ3) is 3.80. The van der Waals surface area contributed by atoms with Gasteiger partial charge in [-0.15, -0.1) is 11.8 Å². The molecule has 1 saturated heterocycles. The lowest BCUT2D eigenvalue weighted by molar-refractivity contribution is -0.120. The average molecular weight is 376 g/mol. The third-order valence-electron chi connectivity index (χ3n) is 4.66. The fourth-order valence-corrected chi connectivity index (χ4v) is 3.65. The second-order valence-electron chi connectivity index (χ2n) is 6.42. The Morgan fingerprint density at radius 3 is 2.59 bits per heavy atom. The number of nitrogens with zero attached hydrogens (tertiary/aromatic N) is 3. The maximum absolute atomic E-state index is 12.5. The number of thioether (sulfide) groups is 1. The molecule has 0 radical (unpaired) electrons. The van der Waals surface area contributed by atoms with E-state index in [2.05, 4.69) is 20.2 Å². The Bertz CT molecular complexity index is 942. The Hall–Kier alpha value is -2.86. The minimum atomic E-state index is -0.0324. The SMILES string of the molecule is CSc1ccccc1NC(=O)C1CN(c2cc(-c3ccccc3)ncn2)C1. The van der Waals surface area contributed by atoms with Gasteiger partial charge in [0.25, 0.3) is 0 Å². The number of para-hydroxylation sites is 1. The van der Waals surface area contributed by atoms with E-state index in [0.29, 0.717) is 13.1 Å². The molecular formula is C21H20N4OS. The summed E-state index contributed by atoms with van der Waals surface area (Å²) in [5, 5.41) is 3.05. The highest BCUT2D eigenvalue weighted by molar-refractivity contribution is 7.98. The van der Waals surface area contributed by atoms with Gasteiger partial charge in [0.15, 0.2) is 0 Å². The quantitative estimate of drug-likeness (QED) is 0.684. The summed E-state index contributed by atoms with van der Waals surface area (Å²) in [6.45, 7) is 1.33. The number of aromatic nitrogens is 2. The number of anilines is 2. The van der Waals surface area contributed by atoms with Gasteiger partial charge in [-0.3, -0.25) is 4.79 Å². The monoisotopic (exact) mass is 376 g/mol. The van der Waals surface area contributed by atoms with E-state index in [0.717, 1.165) is 27.7 Å². The van der Waals surface area contributed by atoms with Crippen LogP contribution in [0.4, 0.5) is 11.5 Å². The summed E-state index contributed by atoms with van der Waals surface area (Å²) >= 11 is 1.63. The van der Waals surface area contributed by atoms with E-state index in [4.69, 9.17) is 0 Å². The normalized spacial score (nSPS) is 13.9. The first-order valence-corrected chi connectivity index (χ1v) is 10.0. The molecule has 4 rings (SSSR count). The van der Waals surface area contributed by atoms with Crippen molar-refractivity contribution in [2.24, 2.45) is 5.92 Å². The highest BCUT2D eigenvalue weighted by Gasteiger charge is 2.33. The number of amides is 1. The van der Waals surface area contributed by atoms with Crippen molar-refractivity contribution in [2.75, 3.05) is 29.6 Å². The van der Waals surface area contributed by atoms with Gasteiger partial charge in [0, 0.05) is 29.6 Å². The molecule has 3 aromatic rings. The summed E-state index contributed by atoms with van der Waals surface area (Å²) < 4.78 is 0. The van der Waals surface area contributed by atoms with Gasteiger partial charge in [0.1, 0.15) is 12.1 Å². The Morgan fingerprint density at radius 1 is 1.07 bits per heavy atom. The standard InChI is InChI=1S/C21H20N4OS/c1-27-19-10-6-5-9-17(19)24-21(26)16-12-25(13-16)20-11-18(22-14-23-20)15-7-3-2-4-8-15/h2-11,14,16H,12-13H2,1H3,(H,24,26). The van der Waals surface area contributed by atoms with E-state index in [1.807, 2.05) is 66.9 Å². The van der Waals surface area contributed by atoms with Crippen LogP contribution in [-0.4, -0.2) is 35.2 Å². The van der Waals surface area contributed by atoms with Crippen molar-refractivity contribution in [1.29, 1.82) is 0 Å². The van der Waals surface area contributed by atoms with Crippen LogP contribution in [0.3, 0.4) is 0 Å². The van der Waals surface area contributed by atoms with Crippen molar-refractivity contribution in [2.45, 2.75) is 4.90 Å². The summed E-state index contributed by atoms with van der Waals surface area (Å²) in [4.78, 5) is 24.5. The maximum Gasteiger partial charge on any atom is 0.231 e. The average Bonchev–Trinajstić information content (AvgIpc) is 2.68. The van der Waals surface area contributed by atoms with Crippen LogP contribution in [0.25, 0.3) is 11.3 Å². The summed E-state index contributed by atoms with van der Waals surface area (Å²) in [7, 11) is 0. The Balaban J connectivity index is 1.40. The van der Waals surface area contributed by atoms with Crippen LogP contribution in [-0.2, 0) is 4.79 Å². The van der Waals surface area contributed by atoms with Gasteiger partial charge < -0.3 is 10.2 Å². The van der Waals surface area contributed by atoms with Crippen LogP contribution < -0.4 is 10.2 Å². The van der Waals surface area contributed by atoms with E-state index < -0.39 is 0 Å². The Morgan fingerprint density at radius 2 is 1.81 bits per heavy atom. The Labute approximate surface area is 162 Å². The summed E-state index contributed by atoms with van der Waals surface area (Å²) in [5.74, 6) is 0.887. The molecule has 1 aliphatic rings. The first-order chi connectivity index (χ1) is 13.2. The number of carbonyl (C=O) groups excluding carboxylic acids is 1. The molecule has 136 valence electrons. The first kappa shape index (κ1) is 17.5. The molecule has 27 heavy (non-hydrogen) atoms. The molecule has 0 unspecified atom stereocenters. The van der Waals surface area contributed by atoms with Gasteiger partial charge in [0.05, 0.1) is 17.3 Å². The van der Waals surface area contributed by atoms with E-state index in [-0.39, 0.29) is 11.8 Å². The summed E-state index contributed by atoms with van der Waals surface area (Å²) in [6.07, 6.45) is 3.59. The lowest BCUT2D eigenvalue weighted by Crippen LogP contribution is -2.52. The molecule has 5 nitrogen and oxygen atoms in total. The number of rotatable bonds is 5. The molecule has 0 bridgehead atoms. The first-order valence-electron chi connectivity index (χ1n) is 8.81. The lowest BCUT2D eigenvalue weighted by atomic mass is 9.99. The third-order valence-corrected chi connectivity index (χ3v) is 5.46. The highest BCUT2D eigenvalue weighted by atomic mass is 32.2. The van der Waals surface area contributed by atoms with Gasteiger partial charge in [-0.2, -0.15) is 0 Å². The van der Waals surface area contributed by atoms with Crippen LogP contribution in [0.1, 0.15) is 0 Å². The number of hydrogen-bond donors (Lipinski definition) is 1. The number of carbonyl (C=O) groups is 1. The fraction of sp³-hybridized carbons (Fsp3) is 0.190. The second kappa shape index (κ2) is 7.80. The lowest BCUT2D eigenvalue weighted by Gasteiger charge is -2.39. The van der Waals surface area contributed by atoms with E-state index >= 15 is 0 Å². The van der Waals surface area contributed by atoms with Crippen LogP contribution >= 0.6 is 11.8 Å². The predicted molar refractivity (Wildman–Crippen MR) is 110 cm³/mol. The summed E-state index contributed by atoms with van der Waals surface area (Å²) in [5.41, 5.74) is 2.83. The number of nitrogens with one attached hydrogen (secondary N) is 1. The number of benzene rings is 2. The zero-order chi connectivity index (χ0) is 18.6. The topological polar surface area (TPSA) is 58.1 Å². The molecule has 1 fully saturated rings. The zero-order valence-electron chi connectivity index (χ0n) is 15.0. The molecule has 0 spiro atoms. The fourth-order valence-electron chi connectivity index (χ4n) is 3.10. The molecule has 1 amide bonds. The van der Waals surface area contributed by atoms with Crippen molar-refractivity contribution < 1.29 is 4.79 Å². The molecule has 1 N–H and O–H groups in total. The van der Waals surface area contributed by atoms with Gasteiger partial charge in [-0.05, 0) is 18.4 Å². The molecule has 2 aromatic carbocycles. The maximum atomic E-state index is 12.5. The largest absolute Gasteiger partial charge is 0.355 e. The van der Waals surface area contributed by atoms with E-state index in [1.165, 1.54) is 0 Å². The smallest absolute Gasteiger partial charge is 0.231 e. The van der Waals surface area contributed by atoms with Crippen LogP contribution in [0.15, 0.2) is 71.9 Å². The van der Waals surface area contributed by atoms with Crippen molar-refractivity contribution in [3.05, 3.63) is 67.0 Å². The molecule has 1 aromatic heterocycles. The van der Waals surface area contributed by atoms with Gasteiger partial charge in [-0.25, -0.2) is 9.97 Å². The molecule has 0 saturated carbocycles. The van der Waals surface area contributed by atoms with Crippen molar-refractivity contribution in [1.82, 2.24) is 9.97 Å². The molecule has 0 atom stereocenters. The van der Waals surface area contributed by atoms with Crippen LogP contribution in [0.2, 0.25) is 0 Å². The van der Waals surface area contributed by atoms with Crippen LogP contribution in [0, 0.1) is 5.92 Å². The molecular weight excluding hydrogens is 356 g/mol. The molecule has 6 heteroatoms. The minimum Gasteiger partial charge on any atom is -0.355 e.